The number of rotatable bonds is 5. The van der Waals surface area contributed by atoms with Gasteiger partial charge < -0.3 is 9.32 Å². The van der Waals surface area contributed by atoms with Crippen molar-refractivity contribution in [3.63, 3.8) is 0 Å². The zero-order valence-corrected chi connectivity index (χ0v) is 13.9. The lowest BCUT2D eigenvalue weighted by Crippen LogP contribution is -2.37. The average Bonchev–Trinajstić information content (AvgIpc) is 3.20. The Hall–Kier alpha value is -1.59. The molecule has 3 rings (SSSR count). The van der Waals surface area contributed by atoms with Crippen LogP contribution in [0, 0.1) is 6.92 Å². The molecular formula is C17H22N2O2S. The molecule has 0 radical (unpaired) electrons. The molecule has 2 aromatic heterocycles. The van der Waals surface area contributed by atoms with Crippen molar-refractivity contribution < 1.29 is 9.21 Å². The molecule has 1 unspecified atom stereocenters. The fraction of sp³-hybridized carbons (Fsp3) is 0.471. The summed E-state index contributed by atoms with van der Waals surface area (Å²) in [5.41, 5.74) is 0. The number of carbonyl (C=O) groups is 1. The Morgan fingerprint density at radius 3 is 3.00 bits per heavy atom. The standard InChI is InChI=1S/C17H22N2O2S/c1-13-7-8-14(21-13)11-18(2)17(20)12-19-9-3-5-15(19)16-6-4-10-22-16/h4,6-8,10,15H,3,5,9,11-12H2,1-2H3. The lowest BCUT2D eigenvalue weighted by molar-refractivity contribution is -0.132. The van der Waals surface area contributed by atoms with Crippen LogP contribution in [-0.2, 0) is 11.3 Å². The molecular weight excluding hydrogens is 296 g/mol. The maximum Gasteiger partial charge on any atom is 0.236 e. The predicted octanol–water partition coefficient (Wildman–Crippen LogP) is 3.45. The van der Waals surface area contributed by atoms with Gasteiger partial charge in [-0.2, -0.15) is 0 Å². The maximum absolute atomic E-state index is 12.5. The van der Waals surface area contributed by atoms with E-state index in [1.54, 1.807) is 16.2 Å². The number of likely N-dealkylation sites (tertiary alicyclic amines) is 1. The topological polar surface area (TPSA) is 36.7 Å². The van der Waals surface area contributed by atoms with Crippen molar-refractivity contribution in [2.24, 2.45) is 0 Å². The smallest absolute Gasteiger partial charge is 0.236 e. The Morgan fingerprint density at radius 2 is 2.32 bits per heavy atom. The molecule has 22 heavy (non-hydrogen) atoms. The molecule has 1 amide bonds. The first kappa shape index (κ1) is 15.3. The molecule has 0 saturated carbocycles. The van der Waals surface area contributed by atoms with Crippen LogP contribution in [0.3, 0.4) is 0 Å². The lowest BCUT2D eigenvalue weighted by Gasteiger charge is -2.25. The molecule has 0 N–H and O–H groups in total. The first-order valence-corrected chi connectivity index (χ1v) is 8.58. The van der Waals surface area contributed by atoms with E-state index in [2.05, 4.69) is 22.4 Å². The zero-order chi connectivity index (χ0) is 15.5. The van der Waals surface area contributed by atoms with Gasteiger partial charge in [-0.05, 0) is 49.9 Å². The van der Waals surface area contributed by atoms with E-state index in [0.717, 1.165) is 30.9 Å². The normalized spacial score (nSPS) is 18.7. The number of aryl methyl sites for hydroxylation is 1. The molecule has 0 aliphatic carbocycles. The third kappa shape index (κ3) is 3.42. The SMILES string of the molecule is Cc1ccc(CN(C)C(=O)CN2CCCC2c2cccs2)o1. The van der Waals surface area contributed by atoms with Crippen molar-refractivity contribution in [3.8, 4) is 0 Å². The molecule has 0 aromatic carbocycles. The number of hydrogen-bond acceptors (Lipinski definition) is 4. The highest BCUT2D eigenvalue weighted by Crippen LogP contribution is 2.34. The molecule has 1 fully saturated rings. The van der Waals surface area contributed by atoms with Crippen molar-refractivity contribution in [3.05, 3.63) is 46.0 Å². The molecule has 3 heterocycles. The van der Waals surface area contributed by atoms with Gasteiger partial charge in [-0.15, -0.1) is 11.3 Å². The predicted molar refractivity (Wildman–Crippen MR) is 87.8 cm³/mol. The first-order chi connectivity index (χ1) is 10.6. The Bertz CT molecular complexity index is 620. The van der Waals surface area contributed by atoms with E-state index in [4.69, 9.17) is 4.42 Å². The van der Waals surface area contributed by atoms with Gasteiger partial charge in [0.15, 0.2) is 0 Å². The van der Waals surface area contributed by atoms with Gasteiger partial charge in [0.1, 0.15) is 11.5 Å². The number of hydrogen-bond donors (Lipinski definition) is 0. The zero-order valence-electron chi connectivity index (χ0n) is 13.1. The van der Waals surface area contributed by atoms with Crippen molar-refractivity contribution in [2.75, 3.05) is 20.1 Å². The third-order valence-electron chi connectivity index (χ3n) is 4.19. The quantitative estimate of drug-likeness (QED) is 0.847. The van der Waals surface area contributed by atoms with E-state index in [0.29, 0.717) is 19.1 Å². The van der Waals surface area contributed by atoms with Gasteiger partial charge in [-0.25, -0.2) is 0 Å². The summed E-state index contributed by atoms with van der Waals surface area (Å²) in [7, 11) is 1.84. The number of amides is 1. The minimum absolute atomic E-state index is 0.150. The Morgan fingerprint density at radius 1 is 1.45 bits per heavy atom. The second-order valence-electron chi connectivity index (χ2n) is 5.91. The molecule has 118 valence electrons. The first-order valence-electron chi connectivity index (χ1n) is 7.70. The van der Waals surface area contributed by atoms with Gasteiger partial charge in [0.2, 0.25) is 5.91 Å². The van der Waals surface area contributed by atoms with Crippen molar-refractivity contribution in [2.45, 2.75) is 32.4 Å². The summed E-state index contributed by atoms with van der Waals surface area (Å²) in [5.74, 6) is 1.87. The number of likely N-dealkylation sites (N-methyl/N-ethyl adjacent to an activating group) is 1. The van der Waals surface area contributed by atoms with Crippen LogP contribution in [0.4, 0.5) is 0 Å². The van der Waals surface area contributed by atoms with E-state index in [9.17, 15) is 4.79 Å². The molecule has 1 aliphatic rings. The maximum atomic E-state index is 12.5. The van der Waals surface area contributed by atoms with Crippen molar-refractivity contribution >= 4 is 17.2 Å². The Kier molecular flexibility index (Phi) is 4.64. The molecule has 1 aliphatic heterocycles. The summed E-state index contributed by atoms with van der Waals surface area (Å²) in [6.07, 6.45) is 2.31. The van der Waals surface area contributed by atoms with Gasteiger partial charge in [-0.3, -0.25) is 9.69 Å². The second-order valence-corrected chi connectivity index (χ2v) is 6.89. The van der Waals surface area contributed by atoms with Crippen LogP contribution in [0.1, 0.15) is 35.3 Å². The minimum atomic E-state index is 0.150. The molecule has 1 atom stereocenters. The van der Waals surface area contributed by atoms with E-state index in [1.807, 2.05) is 26.1 Å². The molecule has 1 saturated heterocycles. The van der Waals surface area contributed by atoms with Gasteiger partial charge in [0.25, 0.3) is 0 Å². The largest absolute Gasteiger partial charge is 0.464 e. The van der Waals surface area contributed by atoms with Gasteiger partial charge >= 0.3 is 0 Å². The summed E-state index contributed by atoms with van der Waals surface area (Å²) in [6, 6.07) is 8.53. The van der Waals surface area contributed by atoms with Gasteiger partial charge in [0.05, 0.1) is 13.1 Å². The highest BCUT2D eigenvalue weighted by molar-refractivity contribution is 7.10. The molecule has 5 heteroatoms. The van der Waals surface area contributed by atoms with Crippen LogP contribution >= 0.6 is 11.3 Å². The van der Waals surface area contributed by atoms with Crippen molar-refractivity contribution in [1.29, 1.82) is 0 Å². The minimum Gasteiger partial charge on any atom is -0.464 e. The summed E-state index contributed by atoms with van der Waals surface area (Å²) in [5, 5.41) is 2.11. The van der Waals surface area contributed by atoms with Crippen molar-refractivity contribution in [1.82, 2.24) is 9.80 Å². The molecule has 4 nitrogen and oxygen atoms in total. The fourth-order valence-corrected chi connectivity index (χ4v) is 3.90. The van der Waals surface area contributed by atoms with E-state index in [-0.39, 0.29) is 5.91 Å². The van der Waals surface area contributed by atoms with Crippen LogP contribution in [0.5, 0.6) is 0 Å². The van der Waals surface area contributed by atoms with Crippen LogP contribution in [0.25, 0.3) is 0 Å². The highest BCUT2D eigenvalue weighted by atomic mass is 32.1. The molecule has 0 spiro atoms. The number of furan rings is 1. The van der Waals surface area contributed by atoms with Crippen LogP contribution < -0.4 is 0 Å². The lowest BCUT2D eigenvalue weighted by atomic mass is 10.2. The summed E-state index contributed by atoms with van der Waals surface area (Å²) in [4.78, 5) is 17.9. The van der Waals surface area contributed by atoms with Gasteiger partial charge in [-0.1, -0.05) is 6.07 Å². The number of nitrogens with zero attached hydrogens (tertiary/aromatic N) is 2. The molecule has 0 bridgehead atoms. The average molecular weight is 318 g/mol. The Balaban J connectivity index is 1.58. The second kappa shape index (κ2) is 6.67. The fourth-order valence-electron chi connectivity index (χ4n) is 3.00. The monoisotopic (exact) mass is 318 g/mol. The van der Waals surface area contributed by atoms with Crippen LogP contribution in [0.15, 0.2) is 34.1 Å². The van der Waals surface area contributed by atoms with E-state index < -0.39 is 0 Å². The highest BCUT2D eigenvalue weighted by Gasteiger charge is 2.29. The number of thiophene rings is 1. The molecule has 2 aromatic rings. The van der Waals surface area contributed by atoms with Gasteiger partial charge in [0, 0.05) is 18.0 Å². The number of carbonyl (C=O) groups excluding carboxylic acids is 1. The van der Waals surface area contributed by atoms with Crippen LogP contribution in [-0.4, -0.2) is 35.8 Å². The Labute approximate surface area is 135 Å². The third-order valence-corrected chi connectivity index (χ3v) is 5.16. The van der Waals surface area contributed by atoms with E-state index in [1.165, 1.54) is 4.88 Å². The summed E-state index contributed by atoms with van der Waals surface area (Å²) >= 11 is 1.78. The summed E-state index contributed by atoms with van der Waals surface area (Å²) < 4.78 is 5.55. The van der Waals surface area contributed by atoms with E-state index >= 15 is 0 Å². The van der Waals surface area contributed by atoms with Crippen LogP contribution in [0.2, 0.25) is 0 Å². The summed E-state index contributed by atoms with van der Waals surface area (Å²) in [6.45, 7) is 3.94.